The Bertz CT molecular complexity index is 268. The molecule has 0 amide bonds. The molecule has 0 radical (unpaired) electrons. The zero-order valence-electron chi connectivity index (χ0n) is 6.69. The number of aliphatic hydroxyl groups is 1. The van der Waals surface area contributed by atoms with Crippen molar-refractivity contribution in [3.05, 3.63) is 0 Å². The van der Waals surface area contributed by atoms with Crippen molar-refractivity contribution in [2.24, 2.45) is 0 Å². The standard InChI is InChI=1S/C6H8O7.Au.Na.H/c7-3(8)1-6(13,5(11)12)2-4(9)10;;;/h13H,1-2H2,(H,7,8)(H,9,10)(H,11,12);;;/q;+1;;/p-1. The van der Waals surface area contributed by atoms with E-state index < -0.39 is 36.4 Å². The summed E-state index contributed by atoms with van der Waals surface area (Å²) in [5.74, 6) is -4.31. The minimum absolute atomic E-state index is 0. The van der Waals surface area contributed by atoms with E-state index in [9.17, 15) is 19.5 Å². The molecule has 9 heteroatoms. The van der Waals surface area contributed by atoms with Crippen molar-refractivity contribution in [1.29, 1.82) is 0 Å². The summed E-state index contributed by atoms with van der Waals surface area (Å²) in [6.45, 7) is 0. The van der Waals surface area contributed by atoms with Gasteiger partial charge in [-0.2, -0.15) is 0 Å². The van der Waals surface area contributed by atoms with Crippen LogP contribution >= 0.6 is 0 Å². The van der Waals surface area contributed by atoms with Gasteiger partial charge in [0.1, 0.15) is 0 Å². The Morgan fingerprint density at radius 3 is 1.93 bits per heavy atom. The van der Waals surface area contributed by atoms with E-state index in [1.165, 1.54) is 21.5 Å². The van der Waals surface area contributed by atoms with Gasteiger partial charge in [0.25, 0.3) is 0 Å². The number of rotatable bonds is 5. The molecule has 0 spiro atoms. The van der Waals surface area contributed by atoms with E-state index in [1.54, 1.807) is 0 Å². The van der Waals surface area contributed by atoms with Crippen LogP contribution in [0.3, 0.4) is 0 Å². The van der Waals surface area contributed by atoms with E-state index in [0.29, 0.717) is 0 Å². The zero-order chi connectivity index (χ0) is 11.4. The predicted octanol–water partition coefficient (Wildman–Crippen LogP) is -1.98. The molecule has 0 rings (SSSR count). The third kappa shape index (κ3) is 6.31. The molecule has 1 unspecified atom stereocenters. The summed E-state index contributed by atoms with van der Waals surface area (Å²) in [6, 6.07) is 0. The van der Waals surface area contributed by atoms with Gasteiger partial charge in [0.05, 0.1) is 0 Å². The fourth-order valence-electron chi connectivity index (χ4n) is 0.724. The van der Waals surface area contributed by atoms with Crippen LogP contribution < -0.4 is 0 Å². The Hall–Kier alpha value is 0.110. The van der Waals surface area contributed by atoms with E-state index in [-0.39, 0.29) is 29.6 Å². The third-order valence-electron chi connectivity index (χ3n) is 1.35. The number of carbonyl (C=O) groups excluding carboxylic acids is 1. The van der Waals surface area contributed by atoms with Crippen LogP contribution in [0.1, 0.15) is 12.8 Å². The summed E-state index contributed by atoms with van der Waals surface area (Å²) in [4.78, 5) is 31.4. The van der Waals surface area contributed by atoms with Gasteiger partial charge in [0.2, 0.25) is 0 Å². The molecule has 0 aromatic rings. The van der Waals surface area contributed by atoms with E-state index in [2.05, 4.69) is 3.24 Å². The van der Waals surface area contributed by atoms with Crippen LogP contribution in [0.4, 0.5) is 0 Å². The first kappa shape index (κ1) is 17.5. The first-order valence-corrected chi connectivity index (χ1v) is 4.16. The van der Waals surface area contributed by atoms with Crippen LogP contribution in [-0.2, 0) is 39.1 Å². The first-order valence-electron chi connectivity index (χ1n) is 3.27. The molecule has 7 nitrogen and oxygen atoms in total. The number of hydrogen-bond acceptors (Lipinski definition) is 5. The fourth-order valence-corrected chi connectivity index (χ4v) is 0.881. The van der Waals surface area contributed by atoms with E-state index >= 15 is 0 Å². The molecule has 0 aromatic carbocycles. The van der Waals surface area contributed by atoms with Gasteiger partial charge in [-0.05, 0) is 0 Å². The first-order chi connectivity index (χ1) is 6.31. The maximum atomic E-state index is 10.7. The van der Waals surface area contributed by atoms with Crippen molar-refractivity contribution in [3.63, 3.8) is 0 Å². The SMILES string of the molecule is O=C(O)CC(O)(CC(=O)[O][Au])C(=O)O.[NaH]. The van der Waals surface area contributed by atoms with Crippen molar-refractivity contribution in [2.75, 3.05) is 0 Å². The maximum absolute atomic E-state index is 10.7. The zero-order valence-corrected chi connectivity index (χ0v) is 8.86. The molecular formula is C6H8AuNaO7. The summed E-state index contributed by atoms with van der Waals surface area (Å²) in [5, 5.41) is 26.1. The summed E-state index contributed by atoms with van der Waals surface area (Å²) in [6.07, 6.45) is -1.98. The van der Waals surface area contributed by atoms with E-state index in [0.717, 1.165) is 0 Å². The van der Waals surface area contributed by atoms with Gasteiger partial charge in [0, 0.05) is 0 Å². The number of carboxylic acid groups (broad SMARTS) is 2. The van der Waals surface area contributed by atoms with E-state index in [4.69, 9.17) is 10.2 Å². The monoisotopic (exact) mass is 412 g/mol. The number of carbonyl (C=O) groups is 3. The molecule has 0 aliphatic heterocycles. The normalized spacial score (nSPS) is 13.3. The summed E-state index contributed by atoms with van der Waals surface area (Å²) < 4.78 is 4.07. The Labute approximate surface area is 119 Å². The molecule has 0 saturated heterocycles. The van der Waals surface area contributed by atoms with Crippen molar-refractivity contribution in [3.8, 4) is 0 Å². The van der Waals surface area contributed by atoms with Crippen LogP contribution in [-0.4, -0.2) is 68.4 Å². The van der Waals surface area contributed by atoms with Crippen LogP contribution in [0.2, 0.25) is 0 Å². The molecule has 3 N–H and O–H groups in total. The fraction of sp³-hybridized carbons (Fsp3) is 0.500. The Balaban J connectivity index is 0. The molecule has 1 atom stereocenters. The minimum atomic E-state index is -2.62. The van der Waals surface area contributed by atoms with Gasteiger partial charge in [0.15, 0.2) is 0 Å². The molecular weight excluding hydrogens is 404 g/mol. The van der Waals surface area contributed by atoms with Crippen molar-refractivity contribution in [2.45, 2.75) is 18.4 Å². The van der Waals surface area contributed by atoms with Crippen LogP contribution in [0.15, 0.2) is 0 Å². The molecule has 0 aromatic heterocycles. The van der Waals surface area contributed by atoms with Crippen molar-refractivity contribution in [1.82, 2.24) is 0 Å². The van der Waals surface area contributed by atoms with Crippen molar-refractivity contribution >= 4 is 47.5 Å². The summed E-state index contributed by atoms with van der Waals surface area (Å²) in [5.41, 5.74) is -2.62. The van der Waals surface area contributed by atoms with Crippen LogP contribution in [0.5, 0.6) is 0 Å². The van der Waals surface area contributed by atoms with Gasteiger partial charge in [-0.1, -0.05) is 0 Å². The second-order valence-electron chi connectivity index (χ2n) is 2.52. The Morgan fingerprint density at radius 2 is 1.67 bits per heavy atom. The number of hydrogen-bond donors (Lipinski definition) is 3. The average molecular weight is 412 g/mol. The quantitative estimate of drug-likeness (QED) is 0.448. The predicted molar refractivity (Wildman–Crippen MR) is 42.7 cm³/mol. The van der Waals surface area contributed by atoms with Gasteiger partial charge in [-0.15, -0.1) is 0 Å². The molecule has 0 aliphatic carbocycles. The molecule has 0 aliphatic rings. The van der Waals surface area contributed by atoms with Crippen LogP contribution in [0.25, 0.3) is 0 Å². The molecule has 0 heterocycles. The molecule has 0 bridgehead atoms. The summed E-state index contributed by atoms with van der Waals surface area (Å²) in [7, 11) is 0. The second kappa shape index (κ2) is 7.39. The van der Waals surface area contributed by atoms with Crippen LogP contribution in [0, 0.1) is 0 Å². The summed E-state index contributed by atoms with van der Waals surface area (Å²) >= 11 is 1.38. The van der Waals surface area contributed by atoms with Crippen molar-refractivity contribution < 1.29 is 54.4 Å². The number of carboxylic acids is 2. The van der Waals surface area contributed by atoms with Gasteiger partial charge >= 0.3 is 120 Å². The topological polar surface area (TPSA) is 121 Å². The second-order valence-corrected chi connectivity index (χ2v) is 2.96. The van der Waals surface area contributed by atoms with Gasteiger partial charge < -0.3 is 0 Å². The van der Waals surface area contributed by atoms with Gasteiger partial charge in [-0.3, -0.25) is 0 Å². The average Bonchev–Trinajstić information content (AvgIpc) is 2.02. The molecule has 86 valence electrons. The molecule has 0 saturated carbocycles. The van der Waals surface area contributed by atoms with Gasteiger partial charge in [-0.25, -0.2) is 0 Å². The third-order valence-corrected chi connectivity index (χ3v) is 1.84. The Kier molecular flexibility index (Phi) is 8.63. The Morgan fingerprint density at radius 1 is 1.20 bits per heavy atom. The van der Waals surface area contributed by atoms with E-state index in [1.807, 2.05) is 0 Å². The molecule has 0 fully saturated rings. The molecule has 15 heavy (non-hydrogen) atoms. The number of aliphatic carboxylic acids is 2.